The largest absolute Gasteiger partial charge is 0.454 e. The molecule has 1 aliphatic carbocycles. The molecule has 2 atom stereocenters. The molecule has 2 aliphatic rings. The van der Waals surface area contributed by atoms with Gasteiger partial charge in [0.15, 0.2) is 11.5 Å². The van der Waals surface area contributed by atoms with E-state index in [1.54, 1.807) is 11.3 Å². The zero-order valence-corrected chi connectivity index (χ0v) is 16.2. The number of thiophene rings is 1. The van der Waals surface area contributed by atoms with Gasteiger partial charge in [-0.25, -0.2) is 0 Å². The average molecular weight is 424 g/mol. The molecule has 0 spiro atoms. The molecule has 2 heterocycles. The maximum absolute atomic E-state index is 11.8. The first-order valence-corrected chi connectivity index (χ1v) is 10.1. The summed E-state index contributed by atoms with van der Waals surface area (Å²) in [6, 6.07) is 3.33. The SMILES string of the molecule is CCCc1csc([C@H]2c3cc4c(cc3CC[C@@H]2[N+](=O)[O-])OCO4)c1Br. The molecule has 0 fully saturated rings. The molecule has 0 amide bonds. The van der Waals surface area contributed by atoms with Gasteiger partial charge in [0.25, 0.3) is 0 Å². The fourth-order valence-electron chi connectivity index (χ4n) is 3.77. The predicted molar refractivity (Wildman–Crippen MR) is 99.5 cm³/mol. The maximum Gasteiger partial charge on any atom is 0.231 e. The van der Waals surface area contributed by atoms with Gasteiger partial charge in [-0.15, -0.1) is 11.3 Å². The Balaban J connectivity index is 1.85. The van der Waals surface area contributed by atoms with Crippen molar-refractivity contribution in [3.05, 3.63) is 53.7 Å². The summed E-state index contributed by atoms with van der Waals surface area (Å²) in [6.45, 7) is 2.35. The van der Waals surface area contributed by atoms with E-state index in [1.165, 1.54) is 5.56 Å². The molecule has 132 valence electrons. The number of rotatable bonds is 4. The van der Waals surface area contributed by atoms with Crippen molar-refractivity contribution < 1.29 is 14.4 Å². The Morgan fingerprint density at radius 3 is 2.84 bits per heavy atom. The number of fused-ring (bicyclic) bond motifs is 2. The van der Waals surface area contributed by atoms with Crippen LogP contribution in [0.2, 0.25) is 0 Å². The van der Waals surface area contributed by atoms with Crippen LogP contribution in [0.25, 0.3) is 0 Å². The van der Waals surface area contributed by atoms with E-state index in [0.717, 1.165) is 39.1 Å². The molecule has 25 heavy (non-hydrogen) atoms. The maximum atomic E-state index is 11.8. The molecule has 4 rings (SSSR count). The minimum atomic E-state index is -0.614. The molecule has 1 aromatic carbocycles. The molecule has 0 N–H and O–H groups in total. The molecular weight excluding hydrogens is 406 g/mol. The van der Waals surface area contributed by atoms with Crippen LogP contribution in [-0.2, 0) is 12.8 Å². The lowest BCUT2D eigenvalue weighted by atomic mass is 9.78. The molecule has 0 saturated carbocycles. The number of ether oxygens (including phenoxy) is 2. The average Bonchev–Trinajstić information content (AvgIpc) is 3.19. The molecule has 0 radical (unpaired) electrons. The van der Waals surface area contributed by atoms with E-state index in [-0.39, 0.29) is 17.6 Å². The minimum absolute atomic E-state index is 0.121. The first-order valence-electron chi connectivity index (χ1n) is 8.41. The van der Waals surface area contributed by atoms with E-state index < -0.39 is 6.04 Å². The second kappa shape index (κ2) is 6.61. The van der Waals surface area contributed by atoms with Crippen molar-refractivity contribution in [1.29, 1.82) is 0 Å². The number of halogens is 1. The highest BCUT2D eigenvalue weighted by Gasteiger charge is 2.41. The molecular formula is C18H18BrNO4S. The smallest absolute Gasteiger partial charge is 0.231 e. The summed E-state index contributed by atoms with van der Waals surface area (Å²) in [5.74, 6) is 1.18. The fraction of sp³-hybridized carbons (Fsp3) is 0.444. The summed E-state index contributed by atoms with van der Waals surface area (Å²) in [5.41, 5.74) is 3.37. The second-order valence-electron chi connectivity index (χ2n) is 6.46. The summed E-state index contributed by atoms with van der Waals surface area (Å²) in [5, 5.41) is 13.9. The molecule has 0 bridgehead atoms. The molecule has 0 unspecified atom stereocenters. The number of nitrogens with zero attached hydrogens (tertiary/aromatic N) is 1. The lowest BCUT2D eigenvalue weighted by Gasteiger charge is -2.28. The highest BCUT2D eigenvalue weighted by atomic mass is 79.9. The highest BCUT2D eigenvalue weighted by molar-refractivity contribution is 9.10. The number of hydrogen-bond acceptors (Lipinski definition) is 5. The van der Waals surface area contributed by atoms with E-state index in [4.69, 9.17) is 9.47 Å². The summed E-state index contributed by atoms with van der Waals surface area (Å²) in [4.78, 5) is 12.7. The first kappa shape index (κ1) is 16.8. The van der Waals surface area contributed by atoms with Crippen molar-refractivity contribution in [3.8, 4) is 11.5 Å². The van der Waals surface area contributed by atoms with Gasteiger partial charge in [0.2, 0.25) is 12.8 Å². The number of aryl methyl sites for hydroxylation is 2. The molecule has 1 aliphatic heterocycles. The van der Waals surface area contributed by atoms with Crippen LogP contribution >= 0.6 is 27.3 Å². The van der Waals surface area contributed by atoms with E-state index in [2.05, 4.69) is 28.2 Å². The van der Waals surface area contributed by atoms with Crippen LogP contribution in [0.3, 0.4) is 0 Å². The fourth-order valence-corrected chi connectivity index (χ4v) is 5.93. The van der Waals surface area contributed by atoms with Gasteiger partial charge in [-0.05, 0) is 63.0 Å². The summed E-state index contributed by atoms with van der Waals surface area (Å²) < 4.78 is 12.0. The van der Waals surface area contributed by atoms with Gasteiger partial charge in [-0.2, -0.15) is 0 Å². The van der Waals surface area contributed by atoms with Gasteiger partial charge in [0.05, 0.1) is 5.92 Å². The molecule has 0 saturated heterocycles. The lowest BCUT2D eigenvalue weighted by molar-refractivity contribution is -0.526. The van der Waals surface area contributed by atoms with Crippen molar-refractivity contribution in [1.82, 2.24) is 0 Å². The van der Waals surface area contributed by atoms with Crippen molar-refractivity contribution in [3.63, 3.8) is 0 Å². The Morgan fingerprint density at radius 1 is 1.36 bits per heavy atom. The minimum Gasteiger partial charge on any atom is -0.454 e. The van der Waals surface area contributed by atoms with Crippen LogP contribution in [0.15, 0.2) is 22.0 Å². The third-order valence-electron chi connectivity index (χ3n) is 4.96. The van der Waals surface area contributed by atoms with Crippen LogP contribution in [0.4, 0.5) is 0 Å². The van der Waals surface area contributed by atoms with Crippen molar-refractivity contribution in [2.24, 2.45) is 0 Å². The Kier molecular flexibility index (Phi) is 4.45. The molecule has 5 nitrogen and oxygen atoms in total. The second-order valence-corrected chi connectivity index (χ2v) is 8.17. The Morgan fingerprint density at radius 2 is 2.12 bits per heavy atom. The van der Waals surface area contributed by atoms with Crippen LogP contribution < -0.4 is 9.47 Å². The van der Waals surface area contributed by atoms with Crippen molar-refractivity contribution >= 4 is 27.3 Å². The van der Waals surface area contributed by atoms with Gasteiger partial charge in [0, 0.05) is 20.7 Å². The lowest BCUT2D eigenvalue weighted by Crippen LogP contribution is -2.32. The van der Waals surface area contributed by atoms with Gasteiger partial charge >= 0.3 is 0 Å². The quantitative estimate of drug-likeness (QED) is 0.517. The zero-order chi connectivity index (χ0) is 17.6. The van der Waals surface area contributed by atoms with Gasteiger partial charge < -0.3 is 9.47 Å². The zero-order valence-electron chi connectivity index (χ0n) is 13.8. The van der Waals surface area contributed by atoms with Crippen LogP contribution in [0, 0.1) is 10.1 Å². The Bertz CT molecular complexity index is 835. The number of benzene rings is 1. The van der Waals surface area contributed by atoms with E-state index in [1.807, 2.05) is 12.1 Å². The standard InChI is InChI=1S/C18H18BrNO4S/c1-2-3-11-8-25-18(17(11)19)16-12-7-15-14(23-9-24-15)6-10(12)4-5-13(16)20(21)22/h6-8,13,16H,2-5,9H2,1H3/t13-,16-/m0/s1. The molecule has 7 heteroatoms. The third-order valence-corrected chi connectivity index (χ3v) is 7.28. The van der Waals surface area contributed by atoms with Gasteiger partial charge in [-0.1, -0.05) is 13.3 Å². The summed E-state index contributed by atoms with van der Waals surface area (Å²) >= 11 is 5.33. The monoisotopic (exact) mass is 423 g/mol. The molecule has 2 aromatic rings. The summed E-state index contributed by atoms with van der Waals surface area (Å²) in [6.07, 6.45) is 3.25. The van der Waals surface area contributed by atoms with Crippen molar-refractivity contribution in [2.45, 2.75) is 44.6 Å². The predicted octanol–water partition coefficient (Wildman–Crippen LogP) is 4.92. The Hall–Kier alpha value is -1.60. The van der Waals surface area contributed by atoms with Crippen LogP contribution in [-0.4, -0.2) is 17.8 Å². The van der Waals surface area contributed by atoms with Gasteiger partial charge in [-0.3, -0.25) is 10.1 Å². The normalized spacial score (nSPS) is 21.2. The van der Waals surface area contributed by atoms with Crippen LogP contribution in [0.5, 0.6) is 11.5 Å². The number of nitro groups is 1. The third kappa shape index (κ3) is 2.83. The molecule has 1 aromatic heterocycles. The topological polar surface area (TPSA) is 61.6 Å². The van der Waals surface area contributed by atoms with E-state index in [9.17, 15) is 10.1 Å². The van der Waals surface area contributed by atoms with E-state index >= 15 is 0 Å². The number of hydrogen-bond donors (Lipinski definition) is 0. The van der Waals surface area contributed by atoms with E-state index in [0.29, 0.717) is 18.6 Å². The van der Waals surface area contributed by atoms with Crippen LogP contribution in [0.1, 0.15) is 47.3 Å². The van der Waals surface area contributed by atoms with Gasteiger partial charge in [0.1, 0.15) is 0 Å². The highest BCUT2D eigenvalue weighted by Crippen LogP contribution is 2.48. The summed E-state index contributed by atoms with van der Waals surface area (Å²) in [7, 11) is 0. The first-order chi connectivity index (χ1) is 12.1. The Labute approximate surface area is 158 Å². The van der Waals surface area contributed by atoms with Crippen molar-refractivity contribution in [2.75, 3.05) is 6.79 Å².